The highest BCUT2D eigenvalue weighted by Crippen LogP contribution is 2.28. The van der Waals surface area contributed by atoms with Crippen LogP contribution < -0.4 is 10.1 Å². The minimum atomic E-state index is -0.559. The van der Waals surface area contributed by atoms with Crippen LogP contribution in [0.4, 0.5) is 10.6 Å². The summed E-state index contributed by atoms with van der Waals surface area (Å²) in [4.78, 5) is 16.3. The molecule has 0 bridgehead atoms. The van der Waals surface area contributed by atoms with Crippen LogP contribution in [0.5, 0.6) is 5.75 Å². The molecule has 3 aromatic rings. The van der Waals surface area contributed by atoms with Gasteiger partial charge in [0.2, 0.25) is 0 Å². The number of amides is 1. The Balaban J connectivity index is 1.76. The van der Waals surface area contributed by atoms with Crippen molar-refractivity contribution in [2.75, 3.05) is 12.4 Å². The standard InChI is InChI=1S/C23H28N4O3/c1-15-21(16(2)27(26-15)14-17-7-10-19(29-6)11-8-17)18-9-12-20(24-13-18)25-22(28)30-23(3,4)5/h7-13H,14H2,1-6H3,(H,24,25,28). The summed E-state index contributed by atoms with van der Waals surface area (Å²) in [5.74, 6) is 1.27. The third-order valence-corrected chi connectivity index (χ3v) is 4.55. The average Bonchev–Trinajstić information content (AvgIpc) is 2.95. The highest BCUT2D eigenvalue weighted by molar-refractivity contribution is 5.84. The van der Waals surface area contributed by atoms with E-state index in [1.54, 1.807) is 19.4 Å². The first-order chi connectivity index (χ1) is 14.2. The van der Waals surface area contributed by atoms with Gasteiger partial charge in [-0.1, -0.05) is 12.1 Å². The fraction of sp³-hybridized carbons (Fsp3) is 0.348. The van der Waals surface area contributed by atoms with Crippen molar-refractivity contribution < 1.29 is 14.3 Å². The molecular formula is C23H28N4O3. The predicted octanol–water partition coefficient (Wildman–Crippen LogP) is 4.97. The third kappa shape index (κ3) is 5.17. The molecule has 2 aromatic heterocycles. The fourth-order valence-corrected chi connectivity index (χ4v) is 3.20. The summed E-state index contributed by atoms with van der Waals surface area (Å²) >= 11 is 0. The number of nitrogens with zero attached hydrogens (tertiary/aromatic N) is 3. The van der Waals surface area contributed by atoms with Gasteiger partial charge in [-0.05, 0) is 64.4 Å². The lowest BCUT2D eigenvalue weighted by molar-refractivity contribution is 0.0635. The molecule has 0 fully saturated rings. The van der Waals surface area contributed by atoms with Gasteiger partial charge in [-0.2, -0.15) is 5.10 Å². The smallest absolute Gasteiger partial charge is 0.413 e. The normalized spacial score (nSPS) is 11.3. The highest BCUT2D eigenvalue weighted by Gasteiger charge is 2.17. The van der Waals surface area contributed by atoms with Crippen molar-refractivity contribution in [1.29, 1.82) is 0 Å². The molecule has 1 aromatic carbocycles. The van der Waals surface area contributed by atoms with E-state index in [0.29, 0.717) is 12.4 Å². The van der Waals surface area contributed by atoms with Gasteiger partial charge < -0.3 is 9.47 Å². The number of aromatic nitrogens is 3. The molecule has 0 saturated carbocycles. The number of hydrogen-bond acceptors (Lipinski definition) is 5. The van der Waals surface area contributed by atoms with Gasteiger partial charge in [0.1, 0.15) is 17.2 Å². The van der Waals surface area contributed by atoms with Crippen LogP contribution in [-0.4, -0.2) is 33.6 Å². The zero-order chi connectivity index (χ0) is 21.9. The number of carbonyl (C=O) groups is 1. The second-order valence-electron chi connectivity index (χ2n) is 8.11. The monoisotopic (exact) mass is 408 g/mol. The van der Waals surface area contributed by atoms with Crippen molar-refractivity contribution in [3.63, 3.8) is 0 Å². The Morgan fingerprint density at radius 3 is 2.37 bits per heavy atom. The second kappa shape index (κ2) is 8.57. The summed E-state index contributed by atoms with van der Waals surface area (Å²) < 4.78 is 12.5. The molecule has 0 aliphatic carbocycles. The van der Waals surface area contributed by atoms with E-state index in [9.17, 15) is 4.79 Å². The minimum Gasteiger partial charge on any atom is -0.497 e. The van der Waals surface area contributed by atoms with Gasteiger partial charge in [0.25, 0.3) is 0 Å². The maximum absolute atomic E-state index is 11.9. The largest absolute Gasteiger partial charge is 0.497 e. The van der Waals surface area contributed by atoms with Gasteiger partial charge in [0.05, 0.1) is 19.3 Å². The van der Waals surface area contributed by atoms with Crippen LogP contribution in [0.2, 0.25) is 0 Å². The van der Waals surface area contributed by atoms with Crippen molar-refractivity contribution in [1.82, 2.24) is 14.8 Å². The van der Waals surface area contributed by atoms with Gasteiger partial charge in [-0.15, -0.1) is 0 Å². The average molecular weight is 409 g/mol. The first kappa shape index (κ1) is 21.4. The molecule has 7 nitrogen and oxygen atoms in total. The van der Waals surface area contributed by atoms with Crippen molar-refractivity contribution >= 4 is 11.9 Å². The number of nitrogens with one attached hydrogen (secondary N) is 1. The number of anilines is 1. The number of carbonyl (C=O) groups excluding carboxylic acids is 1. The Morgan fingerprint density at radius 1 is 1.10 bits per heavy atom. The maximum Gasteiger partial charge on any atom is 0.413 e. The molecule has 30 heavy (non-hydrogen) atoms. The van der Waals surface area contributed by atoms with E-state index < -0.39 is 11.7 Å². The van der Waals surface area contributed by atoms with Crippen LogP contribution in [-0.2, 0) is 11.3 Å². The quantitative estimate of drug-likeness (QED) is 0.645. The number of methoxy groups -OCH3 is 1. The van der Waals surface area contributed by atoms with Crippen molar-refractivity contribution in [2.45, 2.75) is 46.8 Å². The third-order valence-electron chi connectivity index (χ3n) is 4.55. The zero-order valence-corrected chi connectivity index (χ0v) is 18.3. The zero-order valence-electron chi connectivity index (χ0n) is 18.3. The van der Waals surface area contributed by atoms with Gasteiger partial charge >= 0.3 is 6.09 Å². The van der Waals surface area contributed by atoms with Gasteiger partial charge in [0.15, 0.2) is 0 Å². The molecule has 0 radical (unpaired) electrons. The lowest BCUT2D eigenvalue weighted by Crippen LogP contribution is -2.27. The van der Waals surface area contributed by atoms with Crippen LogP contribution >= 0.6 is 0 Å². The lowest BCUT2D eigenvalue weighted by atomic mass is 10.1. The van der Waals surface area contributed by atoms with Gasteiger partial charge in [-0.25, -0.2) is 9.78 Å². The summed E-state index contributed by atoms with van der Waals surface area (Å²) in [7, 11) is 1.66. The number of benzene rings is 1. The molecule has 0 aliphatic rings. The minimum absolute atomic E-state index is 0.439. The topological polar surface area (TPSA) is 78.3 Å². The lowest BCUT2D eigenvalue weighted by Gasteiger charge is -2.19. The van der Waals surface area contributed by atoms with Crippen LogP contribution in [0.15, 0.2) is 42.6 Å². The summed E-state index contributed by atoms with van der Waals surface area (Å²) in [5, 5.41) is 7.35. The Kier molecular flexibility index (Phi) is 6.10. The number of rotatable bonds is 5. The first-order valence-electron chi connectivity index (χ1n) is 9.79. The van der Waals surface area contributed by atoms with E-state index >= 15 is 0 Å². The van der Waals surface area contributed by atoms with E-state index in [1.165, 1.54) is 0 Å². The first-order valence-corrected chi connectivity index (χ1v) is 9.79. The SMILES string of the molecule is COc1ccc(Cn2nc(C)c(-c3ccc(NC(=O)OC(C)(C)C)nc3)c2C)cc1. The van der Waals surface area contributed by atoms with E-state index in [1.807, 2.05) is 69.6 Å². The second-order valence-corrected chi connectivity index (χ2v) is 8.11. The maximum atomic E-state index is 11.9. The van der Waals surface area contributed by atoms with Crippen molar-refractivity contribution in [3.05, 3.63) is 59.5 Å². The molecule has 7 heteroatoms. The number of aryl methyl sites for hydroxylation is 1. The summed E-state index contributed by atoms with van der Waals surface area (Å²) in [6.07, 6.45) is 1.21. The molecule has 1 amide bonds. The van der Waals surface area contributed by atoms with E-state index in [2.05, 4.69) is 10.3 Å². The fourth-order valence-electron chi connectivity index (χ4n) is 3.20. The molecule has 158 valence electrons. The Labute approximate surface area is 177 Å². The molecule has 0 saturated heterocycles. The number of hydrogen-bond donors (Lipinski definition) is 1. The van der Waals surface area contributed by atoms with E-state index in [4.69, 9.17) is 14.6 Å². The molecule has 0 aliphatic heterocycles. The van der Waals surface area contributed by atoms with E-state index in [-0.39, 0.29) is 0 Å². The summed E-state index contributed by atoms with van der Waals surface area (Å²) in [5.41, 5.74) is 4.55. The summed E-state index contributed by atoms with van der Waals surface area (Å²) in [6.45, 7) is 10.2. The summed E-state index contributed by atoms with van der Waals surface area (Å²) in [6, 6.07) is 11.7. The van der Waals surface area contributed by atoms with Crippen molar-refractivity contribution in [3.8, 4) is 16.9 Å². The molecule has 0 atom stereocenters. The Morgan fingerprint density at radius 2 is 1.80 bits per heavy atom. The molecule has 0 unspecified atom stereocenters. The van der Waals surface area contributed by atoms with Crippen LogP contribution in [0.25, 0.3) is 11.1 Å². The predicted molar refractivity (Wildman–Crippen MR) is 117 cm³/mol. The van der Waals surface area contributed by atoms with E-state index in [0.717, 1.165) is 33.8 Å². The molecular weight excluding hydrogens is 380 g/mol. The van der Waals surface area contributed by atoms with Gasteiger partial charge in [-0.3, -0.25) is 10.00 Å². The Bertz CT molecular complexity index is 1020. The molecule has 2 heterocycles. The highest BCUT2D eigenvalue weighted by atomic mass is 16.6. The molecule has 0 spiro atoms. The Hall–Kier alpha value is -3.35. The van der Waals surface area contributed by atoms with Crippen LogP contribution in [0.1, 0.15) is 37.7 Å². The van der Waals surface area contributed by atoms with Crippen LogP contribution in [0, 0.1) is 13.8 Å². The number of ether oxygens (including phenoxy) is 2. The molecule has 1 N–H and O–H groups in total. The van der Waals surface area contributed by atoms with Crippen LogP contribution in [0.3, 0.4) is 0 Å². The van der Waals surface area contributed by atoms with Crippen molar-refractivity contribution in [2.24, 2.45) is 0 Å². The van der Waals surface area contributed by atoms with Gasteiger partial charge in [0, 0.05) is 23.0 Å². The molecule has 3 rings (SSSR count). The number of pyridine rings is 1.